The van der Waals surface area contributed by atoms with Crippen molar-refractivity contribution in [1.82, 2.24) is 0 Å². The van der Waals surface area contributed by atoms with Crippen LogP contribution in [0.25, 0.3) is 22.9 Å². The first-order valence-corrected chi connectivity index (χ1v) is 6.17. The summed E-state index contributed by atoms with van der Waals surface area (Å²) in [7, 11) is 0. The zero-order valence-electron chi connectivity index (χ0n) is 10.3. The Hall–Kier alpha value is -2.15. The van der Waals surface area contributed by atoms with Crippen LogP contribution in [0.3, 0.4) is 0 Å². The number of carbonyl (C=O) groups is 1. The van der Waals surface area contributed by atoms with Crippen molar-refractivity contribution in [1.29, 1.82) is 0 Å². The molecule has 0 fully saturated rings. The van der Waals surface area contributed by atoms with Crippen LogP contribution in [-0.4, -0.2) is 5.78 Å². The Bertz CT molecular complexity index is 690. The van der Waals surface area contributed by atoms with Gasteiger partial charge in [-0.15, -0.1) is 0 Å². The van der Waals surface area contributed by atoms with Gasteiger partial charge in [0.1, 0.15) is 0 Å². The van der Waals surface area contributed by atoms with Gasteiger partial charge in [0, 0.05) is 5.56 Å². The third-order valence-corrected chi connectivity index (χ3v) is 3.33. The van der Waals surface area contributed by atoms with E-state index in [1.165, 1.54) is 0 Å². The number of hydrogen-bond donors (Lipinski definition) is 0. The minimum Gasteiger partial charge on any atom is -0.294 e. The van der Waals surface area contributed by atoms with E-state index >= 15 is 0 Å². The van der Waals surface area contributed by atoms with E-state index in [0.717, 1.165) is 33.9 Å². The normalized spacial score (nSPS) is 13.4. The van der Waals surface area contributed by atoms with E-state index in [2.05, 4.69) is 36.4 Å². The van der Waals surface area contributed by atoms with E-state index in [0.29, 0.717) is 0 Å². The van der Waals surface area contributed by atoms with Gasteiger partial charge >= 0.3 is 0 Å². The summed E-state index contributed by atoms with van der Waals surface area (Å²) in [5, 5.41) is 2.17. The lowest BCUT2D eigenvalue weighted by molar-refractivity contribution is 0.101. The third-order valence-electron chi connectivity index (χ3n) is 3.33. The van der Waals surface area contributed by atoms with Crippen LogP contribution in [-0.2, 0) is 0 Å². The molecule has 3 rings (SSSR count). The number of ketones is 1. The van der Waals surface area contributed by atoms with Crippen LogP contribution in [0.4, 0.5) is 0 Å². The molecule has 2 aromatic carbocycles. The van der Waals surface area contributed by atoms with Gasteiger partial charge in [0.05, 0.1) is 0 Å². The van der Waals surface area contributed by atoms with Crippen LogP contribution in [0.1, 0.15) is 34.8 Å². The summed E-state index contributed by atoms with van der Waals surface area (Å²) in [5.41, 5.74) is 3.02. The highest BCUT2D eigenvalue weighted by molar-refractivity contribution is 6.11. The molecule has 0 unspecified atom stereocenters. The summed E-state index contributed by atoms with van der Waals surface area (Å²) < 4.78 is 0. The van der Waals surface area contributed by atoms with Crippen LogP contribution in [0.2, 0.25) is 0 Å². The molecule has 1 heteroatoms. The Balaban J connectivity index is 2.48. The lowest BCUT2D eigenvalue weighted by atomic mass is 9.92. The molecule has 2 aromatic rings. The molecule has 0 atom stereocenters. The summed E-state index contributed by atoms with van der Waals surface area (Å²) in [6.45, 7) is 1.64. The first kappa shape index (κ1) is 11.0. The van der Waals surface area contributed by atoms with Crippen molar-refractivity contribution in [3.8, 4) is 0 Å². The second-order valence-corrected chi connectivity index (χ2v) is 4.57. The highest BCUT2D eigenvalue weighted by atomic mass is 16.1. The maximum absolute atomic E-state index is 12.0. The lowest BCUT2D eigenvalue weighted by Crippen LogP contribution is -2.00. The number of allylic oxidation sites excluding steroid dienone is 2. The summed E-state index contributed by atoms with van der Waals surface area (Å²) in [4.78, 5) is 12.0. The van der Waals surface area contributed by atoms with E-state index in [-0.39, 0.29) is 5.78 Å². The summed E-state index contributed by atoms with van der Waals surface area (Å²) in [6, 6.07) is 10.2. The molecular formula is C17H14O. The Morgan fingerprint density at radius 2 is 1.89 bits per heavy atom. The molecule has 0 aromatic heterocycles. The molecule has 1 aliphatic carbocycles. The van der Waals surface area contributed by atoms with Crippen molar-refractivity contribution in [2.45, 2.75) is 13.3 Å². The minimum atomic E-state index is 0.128. The summed E-state index contributed by atoms with van der Waals surface area (Å²) in [5.74, 6) is 0.128. The topological polar surface area (TPSA) is 17.1 Å². The molecule has 0 heterocycles. The van der Waals surface area contributed by atoms with Crippen LogP contribution in [0.15, 0.2) is 42.5 Å². The van der Waals surface area contributed by atoms with Gasteiger partial charge in [-0.1, -0.05) is 48.6 Å². The molecule has 0 saturated carbocycles. The molecule has 0 amide bonds. The lowest BCUT2D eigenvalue weighted by Gasteiger charge is -2.11. The number of benzene rings is 2. The molecule has 18 heavy (non-hydrogen) atoms. The monoisotopic (exact) mass is 234 g/mol. The van der Waals surface area contributed by atoms with Gasteiger partial charge in [-0.25, -0.2) is 0 Å². The van der Waals surface area contributed by atoms with E-state index in [1.54, 1.807) is 6.92 Å². The Labute approximate surface area is 106 Å². The standard InChI is InChI=1S/C17H14O/c1-12(18)17-15-9-4-2-3-7-13(15)11-14-8-5-6-10-16(14)17/h3-11H,2H2,1H3. The van der Waals surface area contributed by atoms with Gasteiger partial charge in [0.2, 0.25) is 0 Å². The number of hydrogen-bond acceptors (Lipinski definition) is 1. The SMILES string of the molecule is CC(=O)c1c2c(cc3ccccc13)C=CCC=C2. The highest BCUT2D eigenvalue weighted by Crippen LogP contribution is 2.30. The molecular weight excluding hydrogens is 220 g/mol. The van der Waals surface area contributed by atoms with E-state index in [9.17, 15) is 4.79 Å². The number of rotatable bonds is 1. The van der Waals surface area contributed by atoms with Gasteiger partial charge in [0.15, 0.2) is 5.78 Å². The van der Waals surface area contributed by atoms with E-state index < -0.39 is 0 Å². The number of fused-ring (bicyclic) bond motifs is 2. The average Bonchev–Trinajstić information content (AvgIpc) is 2.60. The second-order valence-electron chi connectivity index (χ2n) is 4.57. The summed E-state index contributed by atoms with van der Waals surface area (Å²) in [6.07, 6.45) is 9.32. The van der Waals surface area contributed by atoms with Crippen molar-refractivity contribution < 1.29 is 4.79 Å². The number of carbonyl (C=O) groups excluding carboxylic acids is 1. The van der Waals surface area contributed by atoms with Crippen molar-refractivity contribution in [2.75, 3.05) is 0 Å². The average molecular weight is 234 g/mol. The van der Waals surface area contributed by atoms with E-state index in [1.807, 2.05) is 18.2 Å². The van der Waals surface area contributed by atoms with Crippen LogP contribution < -0.4 is 0 Å². The van der Waals surface area contributed by atoms with Crippen LogP contribution in [0, 0.1) is 0 Å². The maximum Gasteiger partial charge on any atom is 0.161 e. The first-order valence-electron chi connectivity index (χ1n) is 6.17. The molecule has 0 saturated heterocycles. The predicted octanol–water partition coefficient (Wildman–Crippen LogP) is 4.47. The Morgan fingerprint density at radius 1 is 1.11 bits per heavy atom. The molecule has 0 bridgehead atoms. The van der Waals surface area contributed by atoms with Crippen molar-refractivity contribution in [2.24, 2.45) is 0 Å². The van der Waals surface area contributed by atoms with Crippen molar-refractivity contribution in [3.05, 3.63) is 59.2 Å². The highest BCUT2D eigenvalue weighted by Gasteiger charge is 2.14. The molecule has 0 N–H and O–H groups in total. The molecule has 1 nitrogen and oxygen atoms in total. The predicted molar refractivity (Wildman–Crippen MR) is 76.6 cm³/mol. The van der Waals surface area contributed by atoms with Crippen molar-refractivity contribution in [3.63, 3.8) is 0 Å². The maximum atomic E-state index is 12.0. The fraction of sp³-hybridized carbons (Fsp3) is 0.118. The van der Waals surface area contributed by atoms with E-state index in [4.69, 9.17) is 0 Å². The first-order chi connectivity index (χ1) is 8.77. The smallest absolute Gasteiger partial charge is 0.161 e. The van der Waals surface area contributed by atoms with Gasteiger partial charge in [-0.3, -0.25) is 4.79 Å². The van der Waals surface area contributed by atoms with Gasteiger partial charge in [-0.05, 0) is 41.3 Å². The largest absolute Gasteiger partial charge is 0.294 e. The quantitative estimate of drug-likeness (QED) is 0.665. The zero-order valence-corrected chi connectivity index (χ0v) is 10.3. The molecule has 1 aliphatic rings. The molecule has 88 valence electrons. The molecule has 0 aliphatic heterocycles. The Morgan fingerprint density at radius 3 is 2.72 bits per heavy atom. The van der Waals surface area contributed by atoms with Gasteiger partial charge < -0.3 is 0 Å². The van der Waals surface area contributed by atoms with Crippen LogP contribution in [0.5, 0.6) is 0 Å². The fourth-order valence-corrected chi connectivity index (χ4v) is 2.54. The third kappa shape index (κ3) is 1.68. The van der Waals surface area contributed by atoms with Gasteiger partial charge in [-0.2, -0.15) is 0 Å². The minimum absolute atomic E-state index is 0.128. The fourth-order valence-electron chi connectivity index (χ4n) is 2.54. The van der Waals surface area contributed by atoms with Gasteiger partial charge in [0.25, 0.3) is 0 Å². The molecule has 0 radical (unpaired) electrons. The van der Waals surface area contributed by atoms with Crippen molar-refractivity contribution >= 4 is 28.7 Å². The van der Waals surface area contributed by atoms with Crippen LogP contribution >= 0.6 is 0 Å². The summed E-state index contributed by atoms with van der Waals surface area (Å²) >= 11 is 0. The second kappa shape index (κ2) is 4.26. The Kier molecular flexibility index (Phi) is 2.60. The zero-order chi connectivity index (χ0) is 12.5. The molecule has 0 spiro atoms. The number of Topliss-reactive ketones (excluding diaryl/α,β-unsaturated/α-hetero) is 1.